The SMILES string of the molecule is CC(C)(C)c1ccc(NC(=O)c2sc3ccccc3c2Cl)c(Br)c1. The predicted octanol–water partition coefficient (Wildman–Crippen LogP) is 6.87. The second-order valence-electron chi connectivity index (χ2n) is 6.64. The molecule has 2 nitrogen and oxygen atoms in total. The molecule has 3 rings (SSSR count). The van der Waals surface area contributed by atoms with Gasteiger partial charge in [-0.25, -0.2) is 0 Å². The number of amides is 1. The predicted molar refractivity (Wildman–Crippen MR) is 108 cm³/mol. The Hall–Kier alpha value is -1.36. The molecule has 1 heterocycles. The number of carbonyl (C=O) groups excluding carboxylic acids is 1. The highest BCUT2D eigenvalue weighted by Crippen LogP contribution is 2.36. The van der Waals surface area contributed by atoms with Crippen LogP contribution in [0.15, 0.2) is 46.9 Å². The van der Waals surface area contributed by atoms with Crippen LogP contribution in [0.2, 0.25) is 5.02 Å². The maximum atomic E-state index is 12.6. The van der Waals surface area contributed by atoms with Crippen molar-refractivity contribution in [3.05, 3.63) is 62.4 Å². The molecule has 24 heavy (non-hydrogen) atoms. The molecule has 1 amide bonds. The molecule has 0 bridgehead atoms. The van der Waals surface area contributed by atoms with Crippen molar-refractivity contribution in [3.8, 4) is 0 Å². The highest BCUT2D eigenvalue weighted by Gasteiger charge is 2.19. The van der Waals surface area contributed by atoms with E-state index in [1.807, 2.05) is 42.5 Å². The molecule has 1 aromatic heterocycles. The minimum atomic E-state index is -0.189. The topological polar surface area (TPSA) is 29.1 Å². The van der Waals surface area contributed by atoms with E-state index in [1.54, 1.807) is 0 Å². The summed E-state index contributed by atoms with van der Waals surface area (Å²) in [4.78, 5) is 13.2. The average molecular weight is 423 g/mol. The number of benzene rings is 2. The summed E-state index contributed by atoms with van der Waals surface area (Å²) in [5.74, 6) is -0.189. The molecule has 0 saturated heterocycles. The zero-order chi connectivity index (χ0) is 17.5. The summed E-state index contributed by atoms with van der Waals surface area (Å²) in [5.41, 5.74) is 1.99. The van der Waals surface area contributed by atoms with Crippen LogP contribution in [0, 0.1) is 0 Å². The number of rotatable bonds is 2. The fourth-order valence-corrected chi connectivity index (χ4v) is 4.31. The van der Waals surface area contributed by atoms with Gasteiger partial charge < -0.3 is 5.32 Å². The number of thiophene rings is 1. The lowest BCUT2D eigenvalue weighted by Crippen LogP contribution is -2.13. The Kier molecular flexibility index (Phi) is 4.73. The van der Waals surface area contributed by atoms with Gasteiger partial charge in [-0.2, -0.15) is 0 Å². The van der Waals surface area contributed by atoms with Gasteiger partial charge in [0.2, 0.25) is 0 Å². The first-order valence-corrected chi connectivity index (χ1v) is 9.54. The van der Waals surface area contributed by atoms with E-state index >= 15 is 0 Å². The summed E-state index contributed by atoms with van der Waals surface area (Å²) >= 11 is 11.3. The van der Waals surface area contributed by atoms with Gasteiger partial charge in [0, 0.05) is 14.6 Å². The van der Waals surface area contributed by atoms with Crippen molar-refractivity contribution >= 4 is 60.5 Å². The molecule has 0 spiro atoms. The van der Waals surface area contributed by atoms with E-state index in [1.165, 1.54) is 16.9 Å². The zero-order valence-corrected chi connectivity index (χ0v) is 16.8. The smallest absolute Gasteiger partial charge is 0.267 e. The van der Waals surface area contributed by atoms with Gasteiger partial charge in [0.15, 0.2) is 0 Å². The Morgan fingerprint density at radius 2 is 1.88 bits per heavy atom. The Morgan fingerprint density at radius 3 is 2.50 bits per heavy atom. The number of anilines is 1. The Labute approximate surface area is 159 Å². The van der Waals surface area contributed by atoms with E-state index in [2.05, 4.69) is 42.0 Å². The maximum Gasteiger partial charge on any atom is 0.267 e. The number of carbonyl (C=O) groups is 1. The third-order valence-corrected chi connectivity index (χ3v) is 6.15. The molecule has 3 aromatic rings. The summed E-state index contributed by atoms with van der Waals surface area (Å²) in [6.45, 7) is 6.47. The van der Waals surface area contributed by atoms with E-state index in [0.29, 0.717) is 9.90 Å². The van der Waals surface area contributed by atoms with Crippen molar-refractivity contribution in [3.63, 3.8) is 0 Å². The normalized spacial score (nSPS) is 11.7. The van der Waals surface area contributed by atoms with Gasteiger partial charge >= 0.3 is 0 Å². The highest BCUT2D eigenvalue weighted by molar-refractivity contribution is 9.10. The Morgan fingerprint density at radius 1 is 1.17 bits per heavy atom. The van der Waals surface area contributed by atoms with Crippen LogP contribution in [-0.2, 0) is 5.41 Å². The maximum absolute atomic E-state index is 12.6. The summed E-state index contributed by atoms with van der Waals surface area (Å²) in [6, 6.07) is 13.8. The first-order valence-electron chi connectivity index (χ1n) is 7.56. The molecule has 0 saturated carbocycles. The molecule has 0 atom stereocenters. The van der Waals surface area contributed by atoms with Gasteiger partial charge in [-0.1, -0.05) is 56.6 Å². The molecule has 0 fully saturated rings. The molecular weight excluding hydrogens is 406 g/mol. The van der Waals surface area contributed by atoms with Crippen LogP contribution < -0.4 is 5.32 Å². The van der Waals surface area contributed by atoms with Crippen molar-refractivity contribution in [2.45, 2.75) is 26.2 Å². The highest BCUT2D eigenvalue weighted by atomic mass is 79.9. The second kappa shape index (κ2) is 6.51. The van der Waals surface area contributed by atoms with Crippen LogP contribution in [0.25, 0.3) is 10.1 Å². The molecule has 5 heteroatoms. The molecule has 124 valence electrons. The summed E-state index contributed by atoms with van der Waals surface area (Å²) in [5, 5.41) is 4.37. The largest absolute Gasteiger partial charge is 0.320 e. The molecule has 0 unspecified atom stereocenters. The van der Waals surface area contributed by atoms with Gasteiger partial charge in [0.1, 0.15) is 4.88 Å². The minimum Gasteiger partial charge on any atom is -0.320 e. The summed E-state index contributed by atoms with van der Waals surface area (Å²) < 4.78 is 1.87. The summed E-state index contributed by atoms with van der Waals surface area (Å²) in [7, 11) is 0. The van der Waals surface area contributed by atoms with E-state index < -0.39 is 0 Å². The third-order valence-electron chi connectivity index (χ3n) is 3.82. The van der Waals surface area contributed by atoms with Gasteiger partial charge in [0.05, 0.1) is 10.7 Å². The number of fused-ring (bicyclic) bond motifs is 1. The lowest BCUT2D eigenvalue weighted by atomic mass is 9.87. The van der Waals surface area contributed by atoms with Gasteiger partial charge in [-0.05, 0) is 45.1 Å². The molecule has 0 aliphatic rings. The molecular formula is C19H17BrClNOS. The quantitative estimate of drug-likeness (QED) is 0.480. The van der Waals surface area contributed by atoms with Crippen LogP contribution in [0.5, 0.6) is 0 Å². The van der Waals surface area contributed by atoms with Crippen LogP contribution in [0.4, 0.5) is 5.69 Å². The molecule has 0 aliphatic heterocycles. The second-order valence-corrected chi connectivity index (χ2v) is 8.92. The minimum absolute atomic E-state index is 0.0554. The number of nitrogens with one attached hydrogen (secondary N) is 1. The van der Waals surface area contributed by atoms with Crippen LogP contribution in [-0.4, -0.2) is 5.91 Å². The van der Waals surface area contributed by atoms with Crippen molar-refractivity contribution in [2.24, 2.45) is 0 Å². The average Bonchev–Trinajstić information content (AvgIpc) is 2.86. The lowest BCUT2D eigenvalue weighted by Gasteiger charge is -2.20. The van der Waals surface area contributed by atoms with Crippen molar-refractivity contribution in [1.82, 2.24) is 0 Å². The van der Waals surface area contributed by atoms with Gasteiger partial charge in [0.25, 0.3) is 5.91 Å². The van der Waals surface area contributed by atoms with Gasteiger partial charge in [-0.3, -0.25) is 4.79 Å². The Bertz CT molecular complexity index is 927. The van der Waals surface area contributed by atoms with E-state index in [0.717, 1.165) is 20.2 Å². The number of hydrogen-bond donors (Lipinski definition) is 1. The molecule has 0 aliphatic carbocycles. The number of halogens is 2. The standard InChI is InChI=1S/C19H17BrClNOS/c1-19(2,3)11-8-9-14(13(20)10-11)22-18(23)17-16(21)12-6-4-5-7-15(12)24-17/h4-10H,1-3H3,(H,22,23). The zero-order valence-electron chi connectivity index (χ0n) is 13.6. The van der Waals surface area contributed by atoms with Crippen LogP contribution >= 0.6 is 38.9 Å². The van der Waals surface area contributed by atoms with Crippen LogP contribution in [0.1, 0.15) is 36.0 Å². The summed E-state index contributed by atoms with van der Waals surface area (Å²) in [6.07, 6.45) is 0. The van der Waals surface area contributed by atoms with Crippen molar-refractivity contribution in [2.75, 3.05) is 5.32 Å². The van der Waals surface area contributed by atoms with Crippen molar-refractivity contribution in [1.29, 1.82) is 0 Å². The molecule has 1 N–H and O–H groups in total. The van der Waals surface area contributed by atoms with Gasteiger partial charge in [-0.15, -0.1) is 11.3 Å². The van der Waals surface area contributed by atoms with Crippen molar-refractivity contribution < 1.29 is 4.79 Å². The fraction of sp³-hybridized carbons (Fsp3) is 0.211. The fourth-order valence-electron chi connectivity index (χ4n) is 2.42. The third kappa shape index (κ3) is 3.37. The monoisotopic (exact) mass is 421 g/mol. The van der Waals surface area contributed by atoms with E-state index in [9.17, 15) is 4.79 Å². The first kappa shape index (κ1) is 17.5. The lowest BCUT2D eigenvalue weighted by molar-refractivity contribution is 0.103. The first-order chi connectivity index (χ1) is 11.3. The van der Waals surface area contributed by atoms with E-state index in [4.69, 9.17) is 11.6 Å². The van der Waals surface area contributed by atoms with Crippen LogP contribution in [0.3, 0.4) is 0 Å². The van der Waals surface area contributed by atoms with E-state index in [-0.39, 0.29) is 11.3 Å². The molecule has 2 aromatic carbocycles. The molecule has 0 radical (unpaired) electrons. The Balaban J connectivity index is 1.90. The number of hydrogen-bond acceptors (Lipinski definition) is 2.